The van der Waals surface area contributed by atoms with Gasteiger partial charge in [0.05, 0.1) is 24.6 Å². The van der Waals surface area contributed by atoms with Crippen molar-refractivity contribution in [1.82, 2.24) is 9.36 Å². The van der Waals surface area contributed by atoms with Crippen LogP contribution in [-0.4, -0.2) is 31.8 Å². The number of phenols is 1. The van der Waals surface area contributed by atoms with Gasteiger partial charge in [-0.1, -0.05) is 54.6 Å². The van der Waals surface area contributed by atoms with Gasteiger partial charge >= 0.3 is 0 Å². The molecule has 3 aromatic carbocycles. The first kappa shape index (κ1) is 27.0. The van der Waals surface area contributed by atoms with Gasteiger partial charge in [-0.3, -0.25) is 14.3 Å². The number of aliphatic hydroxyl groups is 1. The maximum absolute atomic E-state index is 13.7. The fourth-order valence-electron chi connectivity index (χ4n) is 4.83. The number of nitrogens with zero attached hydrogens (tertiary/aromatic N) is 2. The van der Waals surface area contributed by atoms with Gasteiger partial charge in [-0.15, -0.1) is 0 Å². The SMILES string of the molecule is Cc1c([C@@H]2C=C(C(=O)Nc3ccccc3O)O[C@H](OCc3ccc(CO)cc3)C2)c(=O)n(-c2ccccc2)n1C. The van der Waals surface area contributed by atoms with Gasteiger partial charge in [-0.25, -0.2) is 4.68 Å². The fraction of sp³-hybridized carbons (Fsp3) is 0.226. The van der Waals surface area contributed by atoms with E-state index in [4.69, 9.17) is 9.47 Å². The summed E-state index contributed by atoms with van der Waals surface area (Å²) in [6.07, 6.45) is 1.14. The molecule has 2 atom stereocenters. The Labute approximate surface area is 231 Å². The quantitative estimate of drug-likeness (QED) is 0.287. The highest BCUT2D eigenvalue weighted by Gasteiger charge is 2.33. The second kappa shape index (κ2) is 11.6. The summed E-state index contributed by atoms with van der Waals surface area (Å²) >= 11 is 0. The molecular formula is C31H31N3O6. The normalized spacial score (nSPS) is 16.7. The standard InChI is InChI=1S/C31H31N3O6/c1-20-29(31(38)34(33(20)2)24-8-4-3-5-9-24)23-16-27(30(37)32-25-10-6-7-11-26(25)36)40-28(17-23)39-19-22-14-12-21(18-35)13-15-22/h3-16,23,28,35-36H,17-19H2,1-2H3,(H,32,37)/t23-,28+/m1/s1. The van der Waals surface area contributed by atoms with Crippen LogP contribution in [0.5, 0.6) is 5.75 Å². The molecule has 0 fully saturated rings. The molecule has 1 amide bonds. The summed E-state index contributed by atoms with van der Waals surface area (Å²) in [6.45, 7) is 2.03. The molecule has 1 aliphatic rings. The van der Waals surface area contributed by atoms with Crippen molar-refractivity contribution in [2.24, 2.45) is 7.05 Å². The van der Waals surface area contributed by atoms with E-state index in [1.54, 1.807) is 33.6 Å². The number of ether oxygens (including phenoxy) is 2. The lowest BCUT2D eigenvalue weighted by atomic mass is 9.93. The number of benzene rings is 3. The number of allylic oxidation sites excluding steroid dienone is 1. The van der Waals surface area contributed by atoms with Crippen molar-refractivity contribution in [3.8, 4) is 11.4 Å². The minimum atomic E-state index is -0.818. The molecule has 40 heavy (non-hydrogen) atoms. The molecule has 3 N–H and O–H groups in total. The van der Waals surface area contributed by atoms with Crippen LogP contribution in [-0.2, 0) is 34.5 Å². The Morgan fingerprint density at radius 2 is 1.70 bits per heavy atom. The molecule has 206 valence electrons. The van der Waals surface area contributed by atoms with E-state index in [1.807, 2.05) is 68.6 Å². The Morgan fingerprint density at radius 1 is 1.02 bits per heavy atom. The molecule has 0 radical (unpaired) electrons. The number of anilines is 1. The van der Waals surface area contributed by atoms with Crippen LogP contribution in [0.25, 0.3) is 5.69 Å². The van der Waals surface area contributed by atoms with Crippen LogP contribution in [0.15, 0.2) is 95.5 Å². The van der Waals surface area contributed by atoms with Crippen molar-refractivity contribution < 1.29 is 24.5 Å². The van der Waals surface area contributed by atoms with Crippen molar-refractivity contribution in [3.63, 3.8) is 0 Å². The summed E-state index contributed by atoms with van der Waals surface area (Å²) in [7, 11) is 1.83. The van der Waals surface area contributed by atoms with Crippen LogP contribution in [0, 0.1) is 6.92 Å². The third kappa shape index (κ3) is 5.56. The zero-order chi connectivity index (χ0) is 28.2. The number of rotatable bonds is 8. The molecule has 0 unspecified atom stereocenters. The Morgan fingerprint density at radius 3 is 2.40 bits per heavy atom. The van der Waals surface area contributed by atoms with E-state index in [-0.39, 0.29) is 36.0 Å². The van der Waals surface area contributed by atoms with Crippen molar-refractivity contribution in [1.29, 1.82) is 0 Å². The van der Waals surface area contributed by atoms with Crippen LogP contribution in [0.4, 0.5) is 5.69 Å². The molecule has 0 spiro atoms. The number of aromatic hydroxyl groups is 1. The number of phenolic OH excluding ortho intramolecular Hbond substituents is 1. The van der Waals surface area contributed by atoms with Gasteiger partial charge in [-0.05, 0) is 48.4 Å². The topological polar surface area (TPSA) is 115 Å². The second-order valence-corrected chi connectivity index (χ2v) is 9.65. The van der Waals surface area contributed by atoms with Gasteiger partial charge in [0, 0.05) is 30.6 Å². The molecule has 4 aromatic rings. The molecule has 5 rings (SSSR count). The highest BCUT2D eigenvalue weighted by Crippen LogP contribution is 2.33. The van der Waals surface area contributed by atoms with E-state index in [2.05, 4.69) is 5.32 Å². The third-order valence-corrected chi connectivity index (χ3v) is 7.04. The van der Waals surface area contributed by atoms with E-state index < -0.39 is 18.1 Å². The molecule has 2 heterocycles. The monoisotopic (exact) mass is 541 g/mol. The van der Waals surface area contributed by atoms with Gasteiger partial charge < -0.3 is 25.0 Å². The first-order valence-corrected chi connectivity index (χ1v) is 13.0. The molecule has 0 saturated heterocycles. The zero-order valence-corrected chi connectivity index (χ0v) is 22.3. The lowest BCUT2D eigenvalue weighted by Crippen LogP contribution is -2.31. The Balaban J connectivity index is 1.47. The lowest BCUT2D eigenvalue weighted by molar-refractivity contribution is -0.147. The van der Waals surface area contributed by atoms with Crippen molar-refractivity contribution in [3.05, 3.63) is 123 Å². The number of nitrogens with one attached hydrogen (secondary N) is 1. The van der Waals surface area contributed by atoms with Crippen LogP contribution >= 0.6 is 0 Å². The van der Waals surface area contributed by atoms with Crippen molar-refractivity contribution in [2.45, 2.75) is 38.8 Å². The van der Waals surface area contributed by atoms with Gasteiger partial charge in [0.15, 0.2) is 5.76 Å². The second-order valence-electron chi connectivity index (χ2n) is 9.65. The fourth-order valence-corrected chi connectivity index (χ4v) is 4.83. The highest BCUT2D eigenvalue weighted by atomic mass is 16.7. The smallest absolute Gasteiger partial charge is 0.290 e. The molecule has 0 saturated carbocycles. The predicted molar refractivity (Wildman–Crippen MR) is 150 cm³/mol. The van der Waals surface area contributed by atoms with Gasteiger partial charge in [0.1, 0.15) is 5.75 Å². The van der Waals surface area contributed by atoms with E-state index >= 15 is 0 Å². The summed E-state index contributed by atoms with van der Waals surface area (Å²) < 4.78 is 15.5. The number of para-hydroxylation sites is 3. The number of hydrogen-bond donors (Lipinski definition) is 3. The molecular weight excluding hydrogens is 510 g/mol. The number of amides is 1. The molecule has 0 aliphatic carbocycles. The van der Waals surface area contributed by atoms with Gasteiger partial charge in [0.25, 0.3) is 11.5 Å². The number of carbonyl (C=O) groups excluding carboxylic acids is 1. The minimum Gasteiger partial charge on any atom is -0.506 e. The molecule has 9 heteroatoms. The number of hydrogen-bond acceptors (Lipinski definition) is 6. The summed E-state index contributed by atoms with van der Waals surface area (Å²) in [4.78, 5) is 27.0. The largest absolute Gasteiger partial charge is 0.506 e. The average Bonchev–Trinajstić information content (AvgIpc) is 3.20. The minimum absolute atomic E-state index is 0.00551. The molecule has 0 bridgehead atoms. The summed E-state index contributed by atoms with van der Waals surface area (Å²) in [5.74, 6) is -1.12. The first-order valence-electron chi connectivity index (χ1n) is 13.0. The van der Waals surface area contributed by atoms with E-state index in [0.29, 0.717) is 12.0 Å². The summed E-state index contributed by atoms with van der Waals surface area (Å²) in [5.41, 5.74) is 3.75. The maximum atomic E-state index is 13.7. The number of aliphatic hydroxyl groups excluding tert-OH is 1. The van der Waals surface area contributed by atoms with Gasteiger partial charge in [-0.2, -0.15) is 0 Å². The van der Waals surface area contributed by atoms with Crippen LogP contribution in [0.3, 0.4) is 0 Å². The predicted octanol–water partition coefficient (Wildman–Crippen LogP) is 4.25. The molecule has 9 nitrogen and oxygen atoms in total. The Hall–Kier alpha value is -4.60. The highest BCUT2D eigenvalue weighted by molar-refractivity contribution is 6.03. The van der Waals surface area contributed by atoms with Crippen LogP contribution in [0.1, 0.15) is 34.7 Å². The van der Waals surface area contributed by atoms with E-state index in [1.165, 1.54) is 6.07 Å². The number of carbonyl (C=O) groups is 1. The lowest BCUT2D eigenvalue weighted by Gasteiger charge is -2.29. The summed E-state index contributed by atoms with van der Waals surface area (Å²) in [5, 5.41) is 22.1. The van der Waals surface area contributed by atoms with Crippen molar-refractivity contribution >= 4 is 11.6 Å². The Kier molecular flexibility index (Phi) is 7.86. The Bertz CT molecular complexity index is 1590. The zero-order valence-electron chi connectivity index (χ0n) is 22.3. The summed E-state index contributed by atoms with van der Waals surface area (Å²) in [6, 6.07) is 23.1. The van der Waals surface area contributed by atoms with Gasteiger partial charge in [0.2, 0.25) is 6.29 Å². The molecule has 1 aromatic heterocycles. The van der Waals surface area contributed by atoms with Crippen LogP contribution < -0.4 is 10.9 Å². The van der Waals surface area contributed by atoms with Crippen molar-refractivity contribution in [2.75, 3.05) is 5.32 Å². The molecule has 1 aliphatic heterocycles. The van der Waals surface area contributed by atoms with E-state index in [0.717, 1.165) is 22.5 Å². The van der Waals surface area contributed by atoms with E-state index in [9.17, 15) is 19.8 Å². The first-order chi connectivity index (χ1) is 19.4. The third-order valence-electron chi connectivity index (χ3n) is 7.04. The average molecular weight is 542 g/mol. The van der Waals surface area contributed by atoms with Crippen LogP contribution in [0.2, 0.25) is 0 Å². The maximum Gasteiger partial charge on any atom is 0.290 e. The number of aromatic nitrogens is 2.